The number of nitrogens with one attached hydrogen (secondary N) is 1. The van der Waals surface area contributed by atoms with Crippen molar-refractivity contribution in [2.45, 2.75) is 32.2 Å². The van der Waals surface area contributed by atoms with E-state index in [1.807, 2.05) is 35.2 Å². The molecule has 150 valence electrons. The van der Waals surface area contributed by atoms with E-state index in [9.17, 15) is 9.59 Å². The number of nitrogens with zero attached hydrogens (tertiary/aromatic N) is 3. The van der Waals surface area contributed by atoms with Crippen molar-refractivity contribution in [1.82, 2.24) is 20.4 Å². The first-order chi connectivity index (χ1) is 14.1. The third kappa shape index (κ3) is 4.54. The van der Waals surface area contributed by atoms with Crippen LogP contribution in [0.1, 0.15) is 56.2 Å². The number of rotatable bonds is 6. The van der Waals surface area contributed by atoms with Crippen molar-refractivity contribution in [1.29, 1.82) is 0 Å². The molecule has 1 aliphatic rings. The fourth-order valence-corrected chi connectivity index (χ4v) is 4.23. The average molecular weight is 410 g/mol. The van der Waals surface area contributed by atoms with Gasteiger partial charge in [-0.25, -0.2) is 4.98 Å². The zero-order chi connectivity index (χ0) is 20.2. The number of hydrogen-bond acceptors (Lipinski definition) is 6. The Morgan fingerprint density at radius 1 is 1.21 bits per heavy atom. The lowest BCUT2D eigenvalue weighted by Gasteiger charge is -2.16. The quantitative estimate of drug-likeness (QED) is 0.673. The second kappa shape index (κ2) is 8.57. The minimum atomic E-state index is -0.368. The number of amides is 2. The highest BCUT2D eigenvalue weighted by Crippen LogP contribution is 2.24. The first kappa shape index (κ1) is 19.3. The van der Waals surface area contributed by atoms with Gasteiger partial charge >= 0.3 is 0 Å². The SMILES string of the molecule is Cc1cc(C(=O)N[C@@H](Cc2ccccc2)c2nc(C(=O)N3CCCC3)cs2)no1. The van der Waals surface area contributed by atoms with Crippen molar-refractivity contribution in [2.24, 2.45) is 0 Å². The minimum absolute atomic E-state index is 0.0399. The van der Waals surface area contributed by atoms with E-state index in [1.54, 1.807) is 18.4 Å². The number of aromatic nitrogens is 2. The maximum atomic E-state index is 12.6. The minimum Gasteiger partial charge on any atom is -0.361 e. The highest BCUT2D eigenvalue weighted by atomic mass is 32.1. The molecule has 0 spiro atoms. The molecule has 0 aliphatic carbocycles. The summed E-state index contributed by atoms with van der Waals surface area (Å²) in [4.78, 5) is 31.7. The van der Waals surface area contributed by atoms with E-state index in [1.165, 1.54) is 11.3 Å². The molecule has 0 saturated carbocycles. The van der Waals surface area contributed by atoms with Crippen molar-refractivity contribution in [3.63, 3.8) is 0 Å². The van der Waals surface area contributed by atoms with Gasteiger partial charge in [0.25, 0.3) is 11.8 Å². The van der Waals surface area contributed by atoms with E-state index < -0.39 is 0 Å². The summed E-state index contributed by atoms with van der Waals surface area (Å²) in [5.74, 6) is 0.204. The summed E-state index contributed by atoms with van der Waals surface area (Å²) in [5, 5.41) is 9.26. The van der Waals surface area contributed by atoms with Crippen LogP contribution in [0.3, 0.4) is 0 Å². The summed E-state index contributed by atoms with van der Waals surface area (Å²) in [5.41, 5.74) is 1.73. The monoisotopic (exact) mass is 410 g/mol. The Kier molecular flexibility index (Phi) is 5.71. The number of hydrogen-bond donors (Lipinski definition) is 1. The van der Waals surface area contributed by atoms with Gasteiger partial charge in [-0.2, -0.15) is 0 Å². The molecule has 1 aliphatic heterocycles. The van der Waals surface area contributed by atoms with E-state index in [2.05, 4.69) is 15.5 Å². The zero-order valence-electron chi connectivity index (χ0n) is 16.1. The molecular weight excluding hydrogens is 388 g/mol. The van der Waals surface area contributed by atoms with Gasteiger partial charge in [-0.3, -0.25) is 9.59 Å². The van der Waals surface area contributed by atoms with Crippen LogP contribution in [0.2, 0.25) is 0 Å². The van der Waals surface area contributed by atoms with Crippen molar-refractivity contribution in [3.05, 3.63) is 69.5 Å². The lowest BCUT2D eigenvalue weighted by atomic mass is 10.1. The summed E-state index contributed by atoms with van der Waals surface area (Å²) >= 11 is 1.39. The predicted octanol–water partition coefficient (Wildman–Crippen LogP) is 3.39. The molecule has 4 rings (SSSR count). The van der Waals surface area contributed by atoms with Crippen LogP contribution < -0.4 is 5.32 Å². The van der Waals surface area contributed by atoms with Gasteiger partial charge in [-0.15, -0.1) is 11.3 Å². The van der Waals surface area contributed by atoms with Gasteiger partial charge in [0.1, 0.15) is 16.5 Å². The van der Waals surface area contributed by atoms with E-state index in [0.717, 1.165) is 31.5 Å². The smallest absolute Gasteiger partial charge is 0.274 e. The van der Waals surface area contributed by atoms with Crippen LogP contribution in [0, 0.1) is 6.92 Å². The second-order valence-electron chi connectivity index (χ2n) is 7.11. The number of carbonyl (C=O) groups excluding carboxylic acids is 2. The molecule has 7 nitrogen and oxygen atoms in total. The Morgan fingerprint density at radius 3 is 2.66 bits per heavy atom. The first-order valence-electron chi connectivity index (χ1n) is 9.63. The van der Waals surface area contributed by atoms with E-state index in [0.29, 0.717) is 22.9 Å². The maximum Gasteiger partial charge on any atom is 0.274 e. The van der Waals surface area contributed by atoms with Crippen LogP contribution in [0.5, 0.6) is 0 Å². The van der Waals surface area contributed by atoms with Gasteiger partial charge in [0, 0.05) is 24.5 Å². The third-order valence-electron chi connectivity index (χ3n) is 4.88. The van der Waals surface area contributed by atoms with Gasteiger partial charge in [0.15, 0.2) is 5.69 Å². The second-order valence-corrected chi connectivity index (χ2v) is 8.00. The van der Waals surface area contributed by atoms with Gasteiger partial charge < -0.3 is 14.7 Å². The fourth-order valence-electron chi connectivity index (χ4n) is 3.38. The highest BCUT2D eigenvalue weighted by molar-refractivity contribution is 7.09. The topological polar surface area (TPSA) is 88.3 Å². The molecule has 1 aromatic carbocycles. The lowest BCUT2D eigenvalue weighted by Crippen LogP contribution is -2.31. The molecule has 0 bridgehead atoms. The van der Waals surface area contributed by atoms with Crippen LogP contribution in [0.25, 0.3) is 0 Å². The van der Waals surface area contributed by atoms with Gasteiger partial charge in [-0.05, 0) is 31.7 Å². The first-order valence-corrected chi connectivity index (χ1v) is 10.5. The van der Waals surface area contributed by atoms with Crippen LogP contribution in [0.15, 0.2) is 46.3 Å². The molecule has 2 amide bonds. The normalized spacial score (nSPS) is 14.7. The highest BCUT2D eigenvalue weighted by Gasteiger charge is 2.25. The number of carbonyl (C=O) groups is 2. The molecule has 2 aromatic heterocycles. The van der Waals surface area contributed by atoms with Crippen LogP contribution in [-0.4, -0.2) is 39.9 Å². The van der Waals surface area contributed by atoms with Crippen LogP contribution >= 0.6 is 11.3 Å². The van der Waals surface area contributed by atoms with Crippen molar-refractivity contribution < 1.29 is 14.1 Å². The van der Waals surface area contributed by atoms with Gasteiger partial charge in [-0.1, -0.05) is 35.5 Å². The molecule has 0 radical (unpaired) electrons. The van der Waals surface area contributed by atoms with Crippen LogP contribution in [0.4, 0.5) is 0 Å². The van der Waals surface area contributed by atoms with E-state index in [4.69, 9.17) is 4.52 Å². The summed E-state index contributed by atoms with van der Waals surface area (Å²) in [6.45, 7) is 3.30. The van der Waals surface area contributed by atoms with Crippen molar-refractivity contribution in [3.8, 4) is 0 Å². The van der Waals surface area contributed by atoms with Crippen molar-refractivity contribution >= 4 is 23.2 Å². The Bertz CT molecular complexity index is 992. The molecule has 3 aromatic rings. The third-order valence-corrected chi connectivity index (χ3v) is 5.84. The summed E-state index contributed by atoms with van der Waals surface area (Å²) in [6, 6.07) is 11.1. The number of benzene rings is 1. The summed E-state index contributed by atoms with van der Waals surface area (Å²) in [7, 11) is 0. The number of thiazole rings is 1. The maximum absolute atomic E-state index is 12.6. The summed E-state index contributed by atoms with van der Waals surface area (Å²) in [6.07, 6.45) is 2.63. The molecule has 1 saturated heterocycles. The fraction of sp³-hybridized carbons (Fsp3) is 0.333. The van der Waals surface area contributed by atoms with Crippen LogP contribution in [-0.2, 0) is 6.42 Å². The molecule has 3 heterocycles. The Hall–Kier alpha value is -3.00. The van der Waals surface area contributed by atoms with E-state index >= 15 is 0 Å². The molecule has 1 fully saturated rings. The van der Waals surface area contributed by atoms with E-state index in [-0.39, 0.29) is 23.6 Å². The molecule has 1 N–H and O–H groups in total. The average Bonchev–Trinajstić information content (AvgIpc) is 3.49. The van der Waals surface area contributed by atoms with Gasteiger partial charge in [0.2, 0.25) is 0 Å². The van der Waals surface area contributed by atoms with Gasteiger partial charge in [0.05, 0.1) is 6.04 Å². The largest absolute Gasteiger partial charge is 0.361 e. The molecule has 29 heavy (non-hydrogen) atoms. The standard InChI is InChI=1S/C21H22N4O3S/c1-14-11-16(24-28-14)19(26)22-17(12-15-7-3-2-4-8-15)20-23-18(13-29-20)21(27)25-9-5-6-10-25/h2-4,7-8,11,13,17H,5-6,9-10,12H2,1H3,(H,22,26)/t17-/m0/s1. The number of aryl methyl sites for hydroxylation is 1. The predicted molar refractivity (Wildman–Crippen MR) is 109 cm³/mol. The number of likely N-dealkylation sites (tertiary alicyclic amines) is 1. The zero-order valence-corrected chi connectivity index (χ0v) is 16.9. The van der Waals surface area contributed by atoms with Crippen molar-refractivity contribution in [2.75, 3.05) is 13.1 Å². The molecule has 0 unspecified atom stereocenters. The Balaban J connectivity index is 1.56. The molecular formula is C21H22N4O3S. The molecule has 8 heteroatoms. The molecule has 1 atom stereocenters. The Labute approximate surface area is 172 Å². The Morgan fingerprint density at radius 2 is 1.97 bits per heavy atom. The summed E-state index contributed by atoms with van der Waals surface area (Å²) < 4.78 is 5.01. The lowest BCUT2D eigenvalue weighted by molar-refractivity contribution is 0.0787.